The Kier molecular flexibility index (Phi) is 3.65. The Hall–Kier alpha value is -2.26. The fourth-order valence-electron chi connectivity index (χ4n) is 1.42. The van der Waals surface area contributed by atoms with Crippen LogP contribution in [0.3, 0.4) is 0 Å². The fourth-order valence-corrected chi connectivity index (χ4v) is 1.98. The molecule has 0 aliphatic heterocycles. The number of benzene rings is 1. The standard InChI is InChI=1S/C12H10N4OS/c1-8-11(18-16-15-8)12(17)14-10-4-2-9(3-5-10)6-7-13/h2-5H,6H2,1H3,(H,14,17). The Morgan fingerprint density at radius 3 is 2.72 bits per heavy atom. The first kappa shape index (κ1) is 12.2. The number of carbonyl (C=O) groups excluding carboxylic acids is 1. The van der Waals surface area contributed by atoms with E-state index in [0.29, 0.717) is 22.7 Å². The van der Waals surface area contributed by atoms with E-state index in [-0.39, 0.29) is 5.91 Å². The highest BCUT2D eigenvalue weighted by molar-refractivity contribution is 7.08. The number of amides is 1. The topological polar surface area (TPSA) is 78.7 Å². The van der Waals surface area contributed by atoms with E-state index in [9.17, 15) is 4.79 Å². The zero-order valence-electron chi connectivity index (χ0n) is 9.67. The van der Waals surface area contributed by atoms with E-state index in [2.05, 4.69) is 21.0 Å². The molecule has 1 aromatic heterocycles. The van der Waals surface area contributed by atoms with Crippen molar-refractivity contribution in [3.63, 3.8) is 0 Å². The molecule has 1 amide bonds. The highest BCUT2D eigenvalue weighted by atomic mass is 32.1. The molecule has 18 heavy (non-hydrogen) atoms. The number of carbonyl (C=O) groups is 1. The lowest BCUT2D eigenvalue weighted by molar-refractivity contribution is 0.103. The Morgan fingerprint density at radius 1 is 1.44 bits per heavy atom. The first-order valence-corrected chi connectivity index (χ1v) is 6.04. The van der Waals surface area contributed by atoms with Crippen molar-refractivity contribution in [3.05, 3.63) is 40.4 Å². The van der Waals surface area contributed by atoms with Gasteiger partial charge in [0.15, 0.2) is 0 Å². The van der Waals surface area contributed by atoms with Gasteiger partial charge in [0.1, 0.15) is 4.88 Å². The van der Waals surface area contributed by atoms with Gasteiger partial charge in [-0.05, 0) is 36.2 Å². The van der Waals surface area contributed by atoms with Crippen molar-refractivity contribution in [2.45, 2.75) is 13.3 Å². The highest BCUT2D eigenvalue weighted by Gasteiger charge is 2.12. The summed E-state index contributed by atoms with van der Waals surface area (Å²) < 4.78 is 3.72. The first-order valence-electron chi connectivity index (χ1n) is 5.27. The van der Waals surface area contributed by atoms with Crippen LogP contribution in [-0.4, -0.2) is 15.5 Å². The normalized spacial score (nSPS) is 9.78. The molecule has 0 saturated heterocycles. The van der Waals surface area contributed by atoms with Crippen LogP contribution in [-0.2, 0) is 6.42 Å². The Labute approximate surface area is 108 Å². The SMILES string of the molecule is Cc1nnsc1C(=O)Nc1ccc(CC#N)cc1. The van der Waals surface area contributed by atoms with Crippen LogP contribution in [0.1, 0.15) is 20.9 Å². The summed E-state index contributed by atoms with van der Waals surface area (Å²) in [7, 11) is 0. The van der Waals surface area contributed by atoms with Gasteiger partial charge in [0.25, 0.3) is 5.91 Å². The van der Waals surface area contributed by atoms with Gasteiger partial charge in [-0.25, -0.2) is 0 Å². The molecule has 1 heterocycles. The maximum atomic E-state index is 11.9. The van der Waals surface area contributed by atoms with Gasteiger partial charge in [0.2, 0.25) is 0 Å². The summed E-state index contributed by atoms with van der Waals surface area (Å²) in [4.78, 5) is 12.4. The number of rotatable bonds is 3. The quantitative estimate of drug-likeness (QED) is 0.915. The van der Waals surface area contributed by atoms with Crippen molar-refractivity contribution in [2.24, 2.45) is 0 Å². The molecule has 0 spiro atoms. The molecule has 5 nitrogen and oxygen atoms in total. The van der Waals surface area contributed by atoms with Crippen molar-refractivity contribution < 1.29 is 4.79 Å². The van der Waals surface area contributed by atoms with E-state index in [1.165, 1.54) is 0 Å². The van der Waals surface area contributed by atoms with Gasteiger partial charge >= 0.3 is 0 Å². The summed E-state index contributed by atoms with van der Waals surface area (Å²) in [6.07, 6.45) is 0.367. The molecule has 0 unspecified atom stereocenters. The molecule has 0 bridgehead atoms. The number of hydrogen-bond acceptors (Lipinski definition) is 5. The average Bonchev–Trinajstić information content (AvgIpc) is 2.78. The molecule has 0 saturated carbocycles. The number of nitrogens with one attached hydrogen (secondary N) is 1. The van der Waals surface area contributed by atoms with Crippen LogP contribution in [0.2, 0.25) is 0 Å². The number of nitrogens with zero attached hydrogens (tertiary/aromatic N) is 3. The zero-order chi connectivity index (χ0) is 13.0. The van der Waals surface area contributed by atoms with E-state index in [1.54, 1.807) is 19.1 Å². The van der Waals surface area contributed by atoms with E-state index < -0.39 is 0 Å². The molecular formula is C12H10N4OS. The van der Waals surface area contributed by atoms with Gasteiger partial charge in [-0.1, -0.05) is 16.6 Å². The molecule has 1 aromatic carbocycles. The van der Waals surface area contributed by atoms with Crippen LogP contribution in [0.5, 0.6) is 0 Å². The minimum absolute atomic E-state index is 0.212. The van der Waals surface area contributed by atoms with E-state index in [1.807, 2.05) is 12.1 Å². The van der Waals surface area contributed by atoms with Crippen LogP contribution in [0.25, 0.3) is 0 Å². The van der Waals surface area contributed by atoms with Crippen molar-refractivity contribution >= 4 is 23.1 Å². The van der Waals surface area contributed by atoms with Gasteiger partial charge in [-0.3, -0.25) is 4.79 Å². The van der Waals surface area contributed by atoms with Crippen LogP contribution in [0.15, 0.2) is 24.3 Å². The predicted octanol–water partition coefficient (Wildman–Crippen LogP) is 2.16. The summed E-state index contributed by atoms with van der Waals surface area (Å²) >= 11 is 1.07. The maximum Gasteiger partial charge on any atom is 0.269 e. The minimum Gasteiger partial charge on any atom is -0.321 e. The summed E-state index contributed by atoms with van der Waals surface area (Å²) in [6.45, 7) is 1.74. The molecule has 90 valence electrons. The van der Waals surface area contributed by atoms with Crippen LogP contribution >= 0.6 is 11.5 Å². The number of anilines is 1. The third kappa shape index (κ3) is 2.70. The van der Waals surface area contributed by atoms with Crippen LogP contribution < -0.4 is 5.32 Å². The van der Waals surface area contributed by atoms with E-state index in [4.69, 9.17) is 5.26 Å². The molecule has 0 aliphatic rings. The number of aromatic nitrogens is 2. The number of aryl methyl sites for hydroxylation is 1. The lowest BCUT2D eigenvalue weighted by Gasteiger charge is -2.04. The highest BCUT2D eigenvalue weighted by Crippen LogP contribution is 2.14. The lowest BCUT2D eigenvalue weighted by Crippen LogP contribution is -2.11. The molecule has 0 atom stereocenters. The molecule has 0 radical (unpaired) electrons. The smallest absolute Gasteiger partial charge is 0.269 e. The van der Waals surface area contributed by atoms with Crippen LogP contribution in [0, 0.1) is 18.3 Å². The van der Waals surface area contributed by atoms with Gasteiger partial charge in [0.05, 0.1) is 18.2 Å². The molecule has 0 aliphatic carbocycles. The van der Waals surface area contributed by atoms with Crippen molar-refractivity contribution in [3.8, 4) is 6.07 Å². The van der Waals surface area contributed by atoms with Crippen molar-refractivity contribution in [1.29, 1.82) is 5.26 Å². The van der Waals surface area contributed by atoms with Crippen molar-refractivity contribution in [1.82, 2.24) is 9.59 Å². The van der Waals surface area contributed by atoms with Gasteiger partial charge in [-0.15, -0.1) is 5.10 Å². The van der Waals surface area contributed by atoms with Crippen molar-refractivity contribution in [2.75, 3.05) is 5.32 Å². The molecular weight excluding hydrogens is 248 g/mol. The first-order chi connectivity index (χ1) is 8.70. The molecule has 1 N–H and O–H groups in total. The second kappa shape index (κ2) is 5.38. The Bertz CT molecular complexity index is 597. The lowest BCUT2D eigenvalue weighted by atomic mass is 10.1. The zero-order valence-corrected chi connectivity index (χ0v) is 10.5. The van der Waals surface area contributed by atoms with Gasteiger partial charge in [-0.2, -0.15) is 5.26 Å². The molecule has 6 heteroatoms. The average molecular weight is 258 g/mol. The Morgan fingerprint density at radius 2 is 2.17 bits per heavy atom. The third-order valence-electron chi connectivity index (χ3n) is 2.35. The molecule has 2 aromatic rings. The second-order valence-corrected chi connectivity index (χ2v) is 4.43. The summed E-state index contributed by atoms with van der Waals surface area (Å²) in [6, 6.07) is 9.25. The monoisotopic (exact) mass is 258 g/mol. The number of hydrogen-bond donors (Lipinski definition) is 1. The van der Waals surface area contributed by atoms with Gasteiger partial charge < -0.3 is 5.32 Å². The predicted molar refractivity (Wildman–Crippen MR) is 68.4 cm³/mol. The largest absolute Gasteiger partial charge is 0.321 e. The van der Waals surface area contributed by atoms with E-state index >= 15 is 0 Å². The second-order valence-electron chi connectivity index (χ2n) is 3.67. The maximum absolute atomic E-state index is 11.9. The summed E-state index contributed by atoms with van der Waals surface area (Å²) in [5, 5.41) is 15.1. The number of nitriles is 1. The third-order valence-corrected chi connectivity index (χ3v) is 3.18. The minimum atomic E-state index is -0.212. The fraction of sp³-hybridized carbons (Fsp3) is 0.167. The van der Waals surface area contributed by atoms with Gasteiger partial charge in [0, 0.05) is 5.69 Å². The molecule has 0 fully saturated rings. The Balaban J connectivity index is 2.08. The summed E-state index contributed by atoms with van der Waals surface area (Å²) in [5.41, 5.74) is 2.24. The van der Waals surface area contributed by atoms with E-state index in [0.717, 1.165) is 17.1 Å². The summed E-state index contributed by atoms with van der Waals surface area (Å²) in [5.74, 6) is -0.212. The van der Waals surface area contributed by atoms with Crippen LogP contribution in [0.4, 0.5) is 5.69 Å². The molecule has 2 rings (SSSR count).